The molecule has 0 radical (unpaired) electrons. The zero-order valence-electron chi connectivity index (χ0n) is 18.9. The minimum absolute atomic E-state index is 1.31. The molecular formula is C34H24. The Morgan fingerprint density at radius 3 is 0.794 bits per heavy atom. The van der Waals surface area contributed by atoms with E-state index in [0.29, 0.717) is 0 Å². The van der Waals surface area contributed by atoms with Gasteiger partial charge in [-0.15, -0.1) is 0 Å². The first-order chi connectivity index (χ1) is 16.9. The molecule has 0 bridgehead atoms. The molecule has 2 aliphatic carbocycles. The molecule has 0 unspecified atom stereocenters. The van der Waals surface area contributed by atoms with Gasteiger partial charge < -0.3 is 0 Å². The summed E-state index contributed by atoms with van der Waals surface area (Å²) in [5.74, 6) is 0. The van der Waals surface area contributed by atoms with Gasteiger partial charge in [0.25, 0.3) is 0 Å². The van der Waals surface area contributed by atoms with Gasteiger partial charge in [-0.1, -0.05) is 146 Å². The van der Waals surface area contributed by atoms with Crippen LogP contribution in [0.3, 0.4) is 0 Å². The molecule has 6 aromatic rings. The summed E-state index contributed by atoms with van der Waals surface area (Å²) in [5.41, 5.74) is 5.40. The standard InChI is InChI=1S/2C12H8.C10H8/c2*1-3-9-4-2-6-11-8-7-10(5-1)12(9)11;1-2-6-10-8-4-3-7-9(10)5-1/h2*1-8H;1-8H. The van der Waals surface area contributed by atoms with Crippen molar-refractivity contribution in [3.05, 3.63) is 144 Å². The molecule has 0 saturated carbocycles. The molecule has 6 aromatic carbocycles. The van der Waals surface area contributed by atoms with Crippen LogP contribution in [0.1, 0.15) is 22.3 Å². The molecule has 0 aliphatic heterocycles. The first-order valence-electron chi connectivity index (χ1n) is 11.7. The number of rotatable bonds is 0. The van der Waals surface area contributed by atoms with E-state index in [1.54, 1.807) is 0 Å². The van der Waals surface area contributed by atoms with E-state index in [1.165, 1.54) is 54.6 Å². The van der Waals surface area contributed by atoms with Crippen LogP contribution in [0, 0.1) is 0 Å². The second-order valence-electron chi connectivity index (χ2n) is 8.60. The molecule has 8 rings (SSSR count). The summed E-state index contributed by atoms with van der Waals surface area (Å²) in [6, 6.07) is 42.4. The van der Waals surface area contributed by atoms with Gasteiger partial charge in [0.15, 0.2) is 0 Å². The molecule has 0 aromatic heterocycles. The summed E-state index contributed by atoms with van der Waals surface area (Å²) in [6.07, 6.45) is 8.71. The Balaban J connectivity index is 0.0000000964. The molecule has 0 heteroatoms. The Bertz CT molecular complexity index is 1460. The van der Waals surface area contributed by atoms with E-state index < -0.39 is 0 Å². The van der Waals surface area contributed by atoms with Crippen molar-refractivity contribution >= 4 is 56.6 Å². The molecule has 0 nitrogen and oxygen atoms in total. The number of hydrogen-bond donors (Lipinski definition) is 0. The van der Waals surface area contributed by atoms with Crippen LogP contribution in [0.5, 0.6) is 0 Å². The average Bonchev–Trinajstić information content (AvgIpc) is 3.53. The SMILES string of the molecule is C1=Cc2cccc3cccc1c23.C1=Cc2cccc3cccc1c23.c1ccc2ccccc2c1. The van der Waals surface area contributed by atoms with Crippen molar-refractivity contribution in [1.82, 2.24) is 0 Å². The second kappa shape index (κ2) is 8.84. The third-order valence-electron chi connectivity index (χ3n) is 6.48. The molecule has 34 heavy (non-hydrogen) atoms. The largest absolute Gasteiger partial charge is 0.0616 e. The van der Waals surface area contributed by atoms with Gasteiger partial charge in [-0.3, -0.25) is 0 Å². The van der Waals surface area contributed by atoms with Crippen LogP contribution in [0.2, 0.25) is 0 Å². The maximum Gasteiger partial charge on any atom is -0.00389 e. The molecule has 0 amide bonds. The molecule has 0 saturated heterocycles. The fourth-order valence-electron chi connectivity index (χ4n) is 4.85. The van der Waals surface area contributed by atoms with Crippen molar-refractivity contribution in [2.24, 2.45) is 0 Å². The molecule has 0 atom stereocenters. The first kappa shape index (κ1) is 20.2. The predicted octanol–water partition coefficient (Wildman–Crippen LogP) is 9.49. The van der Waals surface area contributed by atoms with Crippen molar-refractivity contribution in [3.63, 3.8) is 0 Å². The molecule has 0 spiro atoms. The lowest BCUT2D eigenvalue weighted by Crippen LogP contribution is -1.76. The van der Waals surface area contributed by atoms with Gasteiger partial charge >= 0.3 is 0 Å². The van der Waals surface area contributed by atoms with E-state index in [2.05, 4.69) is 146 Å². The lowest BCUT2D eigenvalue weighted by atomic mass is 10.0. The van der Waals surface area contributed by atoms with Crippen molar-refractivity contribution in [2.75, 3.05) is 0 Å². The smallest absolute Gasteiger partial charge is 0.00389 e. The van der Waals surface area contributed by atoms with E-state index in [-0.39, 0.29) is 0 Å². The van der Waals surface area contributed by atoms with Gasteiger partial charge in [0.1, 0.15) is 0 Å². The zero-order chi connectivity index (χ0) is 22.7. The predicted molar refractivity (Wildman–Crippen MR) is 150 cm³/mol. The minimum Gasteiger partial charge on any atom is -0.0616 e. The molecule has 0 N–H and O–H groups in total. The maximum atomic E-state index is 2.18. The number of fused-ring (bicyclic) bond motifs is 1. The zero-order valence-corrected chi connectivity index (χ0v) is 18.9. The summed E-state index contributed by atoms with van der Waals surface area (Å²) < 4.78 is 0. The number of benzene rings is 6. The highest BCUT2D eigenvalue weighted by molar-refractivity contribution is 6.05. The van der Waals surface area contributed by atoms with E-state index in [1.807, 2.05) is 0 Å². The monoisotopic (exact) mass is 432 g/mol. The van der Waals surface area contributed by atoms with E-state index in [0.717, 1.165) is 0 Å². The molecule has 160 valence electrons. The lowest BCUT2D eigenvalue weighted by molar-refractivity contribution is 1.72. The van der Waals surface area contributed by atoms with Crippen molar-refractivity contribution in [1.29, 1.82) is 0 Å². The summed E-state index contributed by atoms with van der Waals surface area (Å²) in [5, 5.41) is 8.11. The van der Waals surface area contributed by atoms with Crippen LogP contribution in [0.25, 0.3) is 56.6 Å². The lowest BCUT2D eigenvalue weighted by Gasteiger charge is -1.99. The van der Waals surface area contributed by atoms with Crippen LogP contribution in [-0.4, -0.2) is 0 Å². The molecule has 0 fully saturated rings. The highest BCUT2D eigenvalue weighted by atomic mass is 14.1. The highest BCUT2D eigenvalue weighted by Gasteiger charge is 2.07. The second-order valence-corrected chi connectivity index (χ2v) is 8.60. The minimum atomic E-state index is 1.31. The Morgan fingerprint density at radius 1 is 0.235 bits per heavy atom. The third-order valence-corrected chi connectivity index (χ3v) is 6.48. The number of hydrogen-bond acceptors (Lipinski definition) is 0. The Morgan fingerprint density at radius 2 is 0.500 bits per heavy atom. The quantitative estimate of drug-likeness (QED) is 0.224. The molecule has 2 aliphatic rings. The van der Waals surface area contributed by atoms with Crippen molar-refractivity contribution in [2.45, 2.75) is 0 Å². The third kappa shape index (κ3) is 3.80. The fourth-order valence-corrected chi connectivity index (χ4v) is 4.85. The van der Waals surface area contributed by atoms with E-state index in [9.17, 15) is 0 Å². The van der Waals surface area contributed by atoms with Gasteiger partial charge in [-0.25, -0.2) is 0 Å². The Hall–Kier alpha value is -4.42. The highest BCUT2D eigenvalue weighted by Crippen LogP contribution is 2.31. The van der Waals surface area contributed by atoms with Crippen LogP contribution in [0.15, 0.2) is 121 Å². The topological polar surface area (TPSA) is 0 Å². The summed E-state index contributed by atoms with van der Waals surface area (Å²) in [6.45, 7) is 0. The maximum absolute atomic E-state index is 2.18. The van der Waals surface area contributed by atoms with Gasteiger partial charge in [-0.2, -0.15) is 0 Å². The van der Waals surface area contributed by atoms with Crippen LogP contribution >= 0.6 is 0 Å². The Kier molecular flexibility index (Phi) is 5.26. The van der Waals surface area contributed by atoms with E-state index in [4.69, 9.17) is 0 Å². The average molecular weight is 433 g/mol. The Labute approximate surface area is 200 Å². The van der Waals surface area contributed by atoms with Crippen molar-refractivity contribution < 1.29 is 0 Å². The first-order valence-corrected chi connectivity index (χ1v) is 11.7. The summed E-state index contributed by atoms with van der Waals surface area (Å²) >= 11 is 0. The van der Waals surface area contributed by atoms with Gasteiger partial charge in [0.05, 0.1) is 0 Å². The normalized spacial score (nSPS) is 11.9. The fraction of sp³-hybridized carbons (Fsp3) is 0. The molecular weight excluding hydrogens is 408 g/mol. The van der Waals surface area contributed by atoms with Crippen LogP contribution in [-0.2, 0) is 0 Å². The van der Waals surface area contributed by atoms with Crippen molar-refractivity contribution in [3.8, 4) is 0 Å². The molecule has 0 heterocycles. The van der Waals surface area contributed by atoms with Crippen LogP contribution in [0.4, 0.5) is 0 Å². The summed E-state index contributed by atoms with van der Waals surface area (Å²) in [4.78, 5) is 0. The van der Waals surface area contributed by atoms with Gasteiger partial charge in [-0.05, 0) is 54.6 Å². The van der Waals surface area contributed by atoms with Gasteiger partial charge in [0.2, 0.25) is 0 Å². The summed E-state index contributed by atoms with van der Waals surface area (Å²) in [7, 11) is 0. The van der Waals surface area contributed by atoms with Gasteiger partial charge in [0, 0.05) is 0 Å². The van der Waals surface area contributed by atoms with Crippen LogP contribution < -0.4 is 0 Å². The van der Waals surface area contributed by atoms with E-state index >= 15 is 0 Å².